The van der Waals surface area contributed by atoms with Crippen LogP contribution in [-0.4, -0.2) is 5.91 Å². The second kappa shape index (κ2) is 7.17. The van der Waals surface area contributed by atoms with Gasteiger partial charge in [0.25, 0.3) is 5.91 Å². The number of hydrogen-bond donors (Lipinski definition) is 2. The summed E-state index contributed by atoms with van der Waals surface area (Å²) >= 11 is 0. The molecule has 1 heterocycles. The molecule has 0 fully saturated rings. The van der Waals surface area contributed by atoms with Crippen LogP contribution in [0.3, 0.4) is 0 Å². The predicted octanol–water partition coefficient (Wildman–Crippen LogP) is 4.79. The Balaban J connectivity index is 1.50. The zero-order valence-corrected chi connectivity index (χ0v) is 14.3. The molecule has 0 radical (unpaired) electrons. The summed E-state index contributed by atoms with van der Waals surface area (Å²) in [6.07, 6.45) is 0. The molecule has 0 unspecified atom stereocenters. The molecular formula is C22H16N2O3. The summed E-state index contributed by atoms with van der Waals surface area (Å²) in [6, 6.07) is 25.1. The van der Waals surface area contributed by atoms with E-state index < -0.39 is 5.91 Å². The van der Waals surface area contributed by atoms with Gasteiger partial charge in [-0.3, -0.25) is 9.59 Å². The van der Waals surface area contributed by atoms with Crippen molar-refractivity contribution in [1.29, 1.82) is 0 Å². The molecular weight excluding hydrogens is 340 g/mol. The minimum absolute atomic E-state index is 0.0230. The van der Waals surface area contributed by atoms with E-state index in [0.717, 1.165) is 11.4 Å². The fourth-order valence-electron chi connectivity index (χ4n) is 2.73. The highest BCUT2D eigenvalue weighted by atomic mass is 16.3. The highest BCUT2D eigenvalue weighted by molar-refractivity contribution is 6.03. The average Bonchev–Trinajstić information content (AvgIpc) is 2.70. The third-order valence-electron chi connectivity index (χ3n) is 4.06. The number of carbonyl (C=O) groups excluding carboxylic acids is 1. The van der Waals surface area contributed by atoms with Crippen LogP contribution in [0, 0.1) is 0 Å². The van der Waals surface area contributed by atoms with Crippen molar-refractivity contribution < 1.29 is 9.21 Å². The molecule has 4 rings (SSSR count). The lowest BCUT2D eigenvalue weighted by Gasteiger charge is -2.08. The van der Waals surface area contributed by atoms with Gasteiger partial charge in [0.15, 0.2) is 11.2 Å². The second-order valence-corrected chi connectivity index (χ2v) is 5.99. The van der Waals surface area contributed by atoms with Crippen LogP contribution in [0.1, 0.15) is 10.6 Å². The first-order chi connectivity index (χ1) is 13.2. The molecule has 0 aliphatic carbocycles. The molecule has 5 nitrogen and oxygen atoms in total. The molecule has 5 heteroatoms. The van der Waals surface area contributed by atoms with E-state index in [1.54, 1.807) is 36.4 Å². The minimum atomic E-state index is -0.471. The quantitative estimate of drug-likeness (QED) is 0.551. The standard InChI is InChI=1S/C22H16N2O3/c25-19-14-21(27-20-9-5-4-8-18(19)20)22(26)24-17-12-10-16(11-13-17)23-15-6-2-1-3-7-15/h1-14,23H,(H,24,26). The maximum Gasteiger partial charge on any atom is 0.291 e. The highest BCUT2D eigenvalue weighted by Crippen LogP contribution is 2.19. The Morgan fingerprint density at radius 3 is 2.15 bits per heavy atom. The molecule has 1 aromatic heterocycles. The van der Waals surface area contributed by atoms with E-state index in [1.165, 1.54) is 6.07 Å². The SMILES string of the molecule is O=C(Nc1ccc(Nc2ccccc2)cc1)c1cc(=O)c2ccccc2o1. The molecule has 0 bridgehead atoms. The summed E-state index contributed by atoms with van der Waals surface area (Å²) in [4.78, 5) is 24.6. The normalized spacial score (nSPS) is 10.5. The first kappa shape index (κ1) is 16.6. The van der Waals surface area contributed by atoms with Crippen LogP contribution in [0.25, 0.3) is 11.0 Å². The Hall–Kier alpha value is -3.86. The lowest BCUT2D eigenvalue weighted by molar-refractivity contribution is 0.0997. The zero-order valence-electron chi connectivity index (χ0n) is 14.3. The van der Waals surface area contributed by atoms with Gasteiger partial charge in [0, 0.05) is 23.1 Å². The van der Waals surface area contributed by atoms with Crippen molar-refractivity contribution in [3.63, 3.8) is 0 Å². The number of rotatable bonds is 4. The van der Waals surface area contributed by atoms with Crippen molar-refractivity contribution in [2.24, 2.45) is 0 Å². The topological polar surface area (TPSA) is 71.3 Å². The number of hydrogen-bond acceptors (Lipinski definition) is 4. The second-order valence-electron chi connectivity index (χ2n) is 5.99. The number of carbonyl (C=O) groups is 1. The lowest BCUT2D eigenvalue weighted by Crippen LogP contribution is -2.14. The van der Waals surface area contributed by atoms with E-state index in [-0.39, 0.29) is 11.2 Å². The zero-order chi connectivity index (χ0) is 18.6. The van der Waals surface area contributed by atoms with E-state index in [9.17, 15) is 9.59 Å². The van der Waals surface area contributed by atoms with Gasteiger partial charge in [-0.05, 0) is 48.5 Å². The Kier molecular flexibility index (Phi) is 4.41. The van der Waals surface area contributed by atoms with E-state index >= 15 is 0 Å². The first-order valence-corrected chi connectivity index (χ1v) is 8.45. The summed E-state index contributed by atoms with van der Waals surface area (Å²) in [5.41, 5.74) is 2.63. The van der Waals surface area contributed by atoms with Crippen LogP contribution in [0.2, 0.25) is 0 Å². The summed E-state index contributed by atoms with van der Waals surface area (Å²) in [5.74, 6) is -0.494. The van der Waals surface area contributed by atoms with Gasteiger partial charge in [-0.15, -0.1) is 0 Å². The third-order valence-corrected chi connectivity index (χ3v) is 4.06. The molecule has 0 saturated carbocycles. The summed E-state index contributed by atoms with van der Waals surface area (Å²) < 4.78 is 5.55. The smallest absolute Gasteiger partial charge is 0.291 e. The van der Waals surface area contributed by atoms with Crippen molar-refractivity contribution in [3.05, 3.63) is 101 Å². The molecule has 1 amide bonds. The maximum absolute atomic E-state index is 12.4. The van der Waals surface area contributed by atoms with Gasteiger partial charge >= 0.3 is 0 Å². The van der Waals surface area contributed by atoms with Crippen molar-refractivity contribution >= 4 is 33.9 Å². The third kappa shape index (κ3) is 3.72. The molecule has 0 aliphatic heterocycles. The van der Waals surface area contributed by atoms with Gasteiger partial charge in [-0.25, -0.2) is 0 Å². The maximum atomic E-state index is 12.4. The van der Waals surface area contributed by atoms with Crippen LogP contribution in [0.4, 0.5) is 17.1 Å². The average molecular weight is 356 g/mol. The number of amides is 1. The fourth-order valence-corrected chi connectivity index (χ4v) is 2.73. The Bertz CT molecular complexity index is 1150. The highest BCUT2D eigenvalue weighted by Gasteiger charge is 2.12. The van der Waals surface area contributed by atoms with Crippen molar-refractivity contribution in [1.82, 2.24) is 0 Å². The van der Waals surface area contributed by atoms with Crippen LogP contribution >= 0.6 is 0 Å². The number of anilines is 3. The molecule has 2 N–H and O–H groups in total. The first-order valence-electron chi connectivity index (χ1n) is 8.45. The summed E-state index contributed by atoms with van der Waals surface area (Å²) in [7, 11) is 0. The molecule has 4 aromatic rings. The van der Waals surface area contributed by atoms with Gasteiger partial charge in [-0.2, -0.15) is 0 Å². The number of benzene rings is 3. The minimum Gasteiger partial charge on any atom is -0.451 e. The largest absolute Gasteiger partial charge is 0.451 e. The Morgan fingerprint density at radius 1 is 0.741 bits per heavy atom. The fraction of sp³-hybridized carbons (Fsp3) is 0. The van der Waals surface area contributed by atoms with Crippen LogP contribution in [-0.2, 0) is 0 Å². The molecule has 0 atom stereocenters. The van der Waals surface area contributed by atoms with E-state index in [4.69, 9.17) is 4.42 Å². The van der Waals surface area contributed by atoms with E-state index in [1.807, 2.05) is 42.5 Å². The molecule has 0 saturated heterocycles. The van der Waals surface area contributed by atoms with Crippen LogP contribution < -0.4 is 16.1 Å². The van der Waals surface area contributed by atoms with Crippen molar-refractivity contribution in [2.75, 3.05) is 10.6 Å². The van der Waals surface area contributed by atoms with Gasteiger partial charge in [0.2, 0.25) is 0 Å². The molecule has 0 aliphatic rings. The molecule has 3 aromatic carbocycles. The van der Waals surface area contributed by atoms with Gasteiger partial charge in [0.05, 0.1) is 5.39 Å². The molecule has 0 spiro atoms. The molecule has 27 heavy (non-hydrogen) atoms. The number of nitrogens with one attached hydrogen (secondary N) is 2. The van der Waals surface area contributed by atoms with Crippen molar-refractivity contribution in [2.45, 2.75) is 0 Å². The van der Waals surface area contributed by atoms with Gasteiger partial charge in [-0.1, -0.05) is 30.3 Å². The van der Waals surface area contributed by atoms with E-state index in [2.05, 4.69) is 10.6 Å². The summed E-state index contributed by atoms with van der Waals surface area (Å²) in [6.45, 7) is 0. The Morgan fingerprint density at radius 2 is 1.37 bits per heavy atom. The van der Waals surface area contributed by atoms with Gasteiger partial charge < -0.3 is 15.1 Å². The number of para-hydroxylation sites is 2. The van der Waals surface area contributed by atoms with Gasteiger partial charge in [0.1, 0.15) is 5.58 Å². The lowest BCUT2D eigenvalue weighted by atomic mass is 10.2. The van der Waals surface area contributed by atoms with Crippen LogP contribution in [0.5, 0.6) is 0 Å². The van der Waals surface area contributed by atoms with E-state index in [0.29, 0.717) is 16.7 Å². The molecule has 132 valence electrons. The predicted molar refractivity (Wildman–Crippen MR) is 107 cm³/mol. The Labute approximate surface area is 155 Å². The van der Waals surface area contributed by atoms with Crippen molar-refractivity contribution in [3.8, 4) is 0 Å². The van der Waals surface area contributed by atoms with Crippen LogP contribution in [0.15, 0.2) is 94.1 Å². The monoisotopic (exact) mass is 356 g/mol. The number of fused-ring (bicyclic) bond motifs is 1. The summed E-state index contributed by atoms with van der Waals surface area (Å²) in [5, 5.41) is 6.46.